The SMILES string of the molecule is CCCCN(C)C(=O)Cn1c(Cc2ccc(-c3ccccc3)cc2)nc2ccccc21. The molecule has 3 aromatic carbocycles. The highest BCUT2D eigenvalue weighted by Gasteiger charge is 2.16. The summed E-state index contributed by atoms with van der Waals surface area (Å²) in [4.78, 5) is 19.5. The van der Waals surface area contributed by atoms with Crippen molar-refractivity contribution in [2.75, 3.05) is 13.6 Å². The topological polar surface area (TPSA) is 38.1 Å². The van der Waals surface area contributed by atoms with Gasteiger partial charge < -0.3 is 9.47 Å². The monoisotopic (exact) mass is 411 g/mol. The van der Waals surface area contributed by atoms with Crippen LogP contribution in [0, 0.1) is 0 Å². The number of aromatic nitrogens is 2. The number of rotatable bonds is 8. The quantitative estimate of drug-likeness (QED) is 0.381. The van der Waals surface area contributed by atoms with E-state index in [0.717, 1.165) is 36.2 Å². The van der Waals surface area contributed by atoms with Crippen LogP contribution in [0.1, 0.15) is 31.2 Å². The van der Waals surface area contributed by atoms with Gasteiger partial charge in [0, 0.05) is 20.0 Å². The third-order valence-electron chi connectivity index (χ3n) is 5.72. The lowest BCUT2D eigenvalue weighted by atomic mass is 10.0. The van der Waals surface area contributed by atoms with Gasteiger partial charge in [0.15, 0.2) is 0 Å². The Morgan fingerprint density at radius 3 is 2.32 bits per heavy atom. The van der Waals surface area contributed by atoms with Gasteiger partial charge in [0.2, 0.25) is 5.91 Å². The fourth-order valence-electron chi connectivity index (χ4n) is 3.84. The number of amides is 1. The minimum absolute atomic E-state index is 0.122. The summed E-state index contributed by atoms with van der Waals surface area (Å²) < 4.78 is 2.07. The van der Waals surface area contributed by atoms with Crippen molar-refractivity contribution in [2.24, 2.45) is 0 Å². The minimum atomic E-state index is 0.122. The Balaban J connectivity index is 1.59. The molecule has 4 aromatic rings. The first-order chi connectivity index (χ1) is 15.2. The van der Waals surface area contributed by atoms with Crippen molar-refractivity contribution in [3.63, 3.8) is 0 Å². The molecule has 0 aliphatic carbocycles. The standard InChI is InChI=1S/C27H29N3O/c1-3-4-18-29(2)27(31)20-30-25-13-9-8-12-24(25)28-26(30)19-21-14-16-23(17-15-21)22-10-6-5-7-11-22/h5-17H,3-4,18-20H2,1-2H3. The number of carbonyl (C=O) groups is 1. The molecule has 0 atom stereocenters. The molecule has 0 saturated carbocycles. The first-order valence-corrected chi connectivity index (χ1v) is 11.0. The average molecular weight is 412 g/mol. The molecule has 0 aliphatic rings. The molecule has 0 fully saturated rings. The summed E-state index contributed by atoms with van der Waals surface area (Å²) in [6.07, 6.45) is 2.79. The summed E-state index contributed by atoms with van der Waals surface area (Å²) in [7, 11) is 1.89. The zero-order valence-corrected chi connectivity index (χ0v) is 18.3. The summed E-state index contributed by atoms with van der Waals surface area (Å²) in [6, 6.07) is 27.1. The van der Waals surface area contributed by atoms with Gasteiger partial charge in [0.1, 0.15) is 12.4 Å². The second-order valence-electron chi connectivity index (χ2n) is 8.01. The van der Waals surface area contributed by atoms with Gasteiger partial charge in [-0.15, -0.1) is 0 Å². The average Bonchev–Trinajstić information content (AvgIpc) is 3.15. The number of fused-ring (bicyclic) bond motifs is 1. The van der Waals surface area contributed by atoms with Gasteiger partial charge in [-0.1, -0.05) is 80.1 Å². The first-order valence-electron chi connectivity index (χ1n) is 11.0. The molecule has 4 heteroatoms. The van der Waals surface area contributed by atoms with Crippen molar-refractivity contribution in [3.8, 4) is 11.1 Å². The van der Waals surface area contributed by atoms with Crippen LogP contribution in [0.25, 0.3) is 22.2 Å². The number of unbranched alkanes of at least 4 members (excludes halogenated alkanes) is 1. The number of hydrogen-bond donors (Lipinski definition) is 0. The van der Waals surface area contributed by atoms with E-state index in [1.165, 1.54) is 16.7 Å². The molecular weight excluding hydrogens is 382 g/mol. The summed E-state index contributed by atoms with van der Waals surface area (Å²) in [5, 5.41) is 0. The molecule has 0 bridgehead atoms. The van der Waals surface area contributed by atoms with Gasteiger partial charge in [-0.2, -0.15) is 0 Å². The lowest BCUT2D eigenvalue weighted by Crippen LogP contribution is -2.31. The van der Waals surface area contributed by atoms with Crippen molar-refractivity contribution in [1.82, 2.24) is 14.5 Å². The molecule has 0 radical (unpaired) electrons. The van der Waals surface area contributed by atoms with Crippen LogP contribution in [0.5, 0.6) is 0 Å². The number of carbonyl (C=O) groups excluding carboxylic acids is 1. The Morgan fingerprint density at radius 2 is 1.58 bits per heavy atom. The molecule has 4 nitrogen and oxygen atoms in total. The van der Waals surface area contributed by atoms with Gasteiger partial charge in [0.25, 0.3) is 0 Å². The maximum atomic E-state index is 12.8. The predicted octanol–water partition coefficient (Wildman–Crippen LogP) is 5.55. The largest absolute Gasteiger partial charge is 0.344 e. The van der Waals surface area contributed by atoms with E-state index >= 15 is 0 Å². The van der Waals surface area contributed by atoms with Crippen molar-refractivity contribution in [3.05, 3.63) is 90.3 Å². The van der Waals surface area contributed by atoms with Gasteiger partial charge in [-0.25, -0.2) is 4.98 Å². The number of hydrogen-bond acceptors (Lipinski definition) is 2. The van der Waals surface area contributed by atoms with Crippen LogP contribution < -0.4 is 0 Å². The molecule has 0 aliphatic heterocycles. The molecule has 1 aromatic heterocycles. The molecule has 158 valence electrons. The van der Waals surface area contributed by atoms with E-state index in [4.69, 9.17) is 4.98 Å². The Hall–Kier alpha value is -3.40. The molecule has 4 rings (SSSR count). The molecular formula is C27H29N3O. The molecule has 0 N–H and O–H groups in total. The zero-order chi connectivity index (χ0) is 21.6. The van der Waals surface area contributed by atoms with Crippen LogP contribution in [-0.4, -0.2) is 34.0 Å². The Bertz CT molecular complexity index is 1150. The Kier molecular flexibility index (Phi) is 6.46. The van der Waals surface area contributed by atoms with E-state index in [1.807, 2.05) is 42.3 Å². The number of likely N-dealkylation sites (N-methyl/N-ethyl adjacent to an activating group) is 1. The predicted molar refractivity (Wildman–Crippen MR) is 127 cm³/mol. The summed E-state index contributed by atoms with van der Waals surface area (Å²) in [6.45, 7) is 3.25. The lowest BCUT2D eigenvalue weighted by Gasteiger charge is -2.18. The molecule has 1 heterocycles. The van der Waals surface area contributed by atoms with Crippen molar-refractivity contribution in [1.29, 1.82) is 0 Å². The van der Waals surface area contributed by atoms with E-state index in [-0.39, 0.29) is 5.91 Å². The van der Waals surface area contributed by atoms with E-state index in [2.05, 4.69) is 60.0 Å². The zero-order valence-electron chi connectivity index (χ0n) is 18.3. The van der Waals surface area contributed by atoms with Crippen LogP contribution in [0.3, 0.4) is 0 Å². The van der Waals surface area contributed by atoms with Crippen LogP contribution in [0.2, 0.25) is 0 Å². The van der Waals surface area contributed by atoms with Crippen LogP contribution in [0.4, 0.5) is 0 Å². The molecule has 1 amide bonds. The van der Waals surface area contributed by atoms with Gasteiger partial charge in [-0.3, -0.25) is 4.79 Å². The fraction of sp³-hybridized carbons (Fsp3) is 0.259. The summed E-state index contributed by atoms with van der Waals surface area (Å²) in [5.41, 5.74) is 5.54. The fourth-order valence-corrected chi connectivity index (χ4v) is 3.84. The van der Waals surface area contributed by atoms with E-state index in [9.17, 15) is 4.79 Å². The molecule has 0 unspecified atom stereocenters. The van der Waals surface area contributed by atoms with E-state index in [0.29, 0.717) is 13.0 Å². The van der Waals surface area contributed by atoms with Gasteiger partial charge in [0.05, 0.1) is 11.0 Å². The highest BCUT2D eigenvalue weighted by molar-refractivity contribution is 5.81. The Labute approximate surface area is 184 Å². The minimum Gasteiger partial charge on any atom is -0.344 e. The van der Waals surface area contributed by atoms with Crippen molar-refractivity contribution < 1.29 is 4.79 Å². The lowest BCUT2D eigenvalue weighted by molar-refractivity contribution is -0.130. The third kappa shape index (κ3) is 4.85. The molecule has 0 spiro atoms. The van der Waals surface area contributed by atoms with Gasteiger partial charge >= 0.3 is 0 Å². The van der Waals surface area contributed by atoms with Gasteiger partial charge in [-0.05, 0) is 35.2 Å². The second kappa shape index (κ2) is 9.61. The second-order valence-corrected chi connectivity index (χ2v) is 8.01. The number of imidazole rings is 1. The van der Waals surface area contributed by atoms with E-state index in [1.54, 1.807) is 0 Å². The molecule has 31 heavy (non-hydrogen) atoms. The van der Waals surface area contributed by atoms with Crippen LogP contribution >= 0.6 is 0 Å². The normalized spacial score (nSPS) is 11.0. The maximum Gasteiger partial charge on any atom is 0.242 e. The van der Waals surface area contributed by atoms with Crippen molar-refractivity contribution >= 4 is 16.9 Å². The Morgan fingerprint density at radius 1 is 0.903 bits per heavy atom. The highest BCUT2D eigenvalue weighted by atomic mass is 16.2. The van der Waals surface area contributed by atoms with Crippen LogP contribution in [-0.2, 0) is 17.8 Å². The highest BCUT2D eigenvalue weighted by Crippen LogP contribution is 2.22. The smallest absolute Gasteiger partial charge is 0.242 e. The number of para-hydroxylation sites is 2. The molecule has 0 saturated heterocycles. The van der Waals surface area contributed by atoms with Crippen LogP contribution in [0.15, 0.2) is 78.9 Å². The third-order valence-corrected chi connectivity index (χ3v) is 5.72. The first kappa shape index (κ1) is 20.9. The number of benzene rings is 3. The van der Waals surface area contributed by atoms with E-state index < -0.39 is 0 Å². The maximum absolute atomic E-state index is 12.8. The summed E-state index contributed by atoms with van der Waals surface area (Å²) >= 11 is 0. The number of nitrogens with zero attached hydrogens (tertiary/aromatic N) is 3. The summed E-state index contributed by atoms with van der Waals surface area (Å²) in [5.74, 6) is 1.04. The van der Waals surface area contributed by atoms with Crippen molar-refractivity contribution in [2.45, 2.75) is 32.7 Å².